The average molecular weight is 295 g/mol. The smallest absolute Gasteiger partial charge is 0.261 e. The second kappa shape index (κ2) is 5.70. The molecule has 0 aliphatic heterocycles. The molecule has 0 bridgehead atoms. The number of thiophene rings is 1. The molecule has 1 amide bonds. The van der Waals surface area contributed by atoms with Crippen LogP contribution in [0.4, 0.5) is 0 Å². The van der Waals surface area contributed by atoms with Gasteiger partial charge in [0.1, 0.15) is 0 Å². The van der Waals surface area contributed by atoms with Gasteiger partial charge in [0.15, 0.2) is 0 Å². The molecular formula is C18H17NOS. The van der Waals surface area contributed by atoms with Gasteiger partial charge < -0.3 is 5.32 Å². The number of hydrogen-bond donors (Lipinski definition) is 1. The Morgan fingerprint density at radius 1 is 1.05 bits per heavy atom. The topological polar surface area (TPSA) is 29.1 Å². The van der Waals surface area contributed by atoms with E-state index in [1.165, 1.54) is 22.1 Å². The summed E-state index contributed by atoms with van der Waals surface area (Å²) < 4.78 is 0. The third-order valence-corrected chi connectivity index (χ3v) is 4.58. The molecular weight excluding hydrogens is 278 g/mol. The Hall–Kier alpha value is -2.13. The van der Waals surface area contributed by atoms with Crippen LogP contribution in [0.25, 0.3) is 10.8 Å². The highest BCUT2D eigenvalue weighted by molar-refractivity contribution is 7.13. The number of carbonyl (C=O) groups is 1. The van der Waals surface area contributed by atoms with Crippen LogP contribution in [0.1, 0.15) is 33.1 Å². The molecule has 1 aromatic heterocycles. The number of hydrogen-bond acceptors (Lipinski definition) is 2. The molecule has 3 aromatic rings. The molecule has 1 atom stereocenters. The first-order valence-electron chi connectivity index (χ1n) is 6.99. The van der Waals surface area contributed by atoms with E-state index in [0.717, 1.165) is 15.3 Å². The van der Waals surface area contributed by atoms with E-state index < -0.39 is 0 Å². The standard InChI is InChI=1S/C18H17NOS/c1-12-7-10-17(21-12)18(20)19-13(2)15-9-8-14-5-3-4-6-16(14)11-15/h3-11,13H,1-2H3,(H,19,20)/t13-/m0/s1. The molecule has 0 radical (unpaired) electrons. The Morgan fingerprint density at radius 2 is 1.81 bits per heavy atom. The van der Waals surface area contributed by atoms with E-state index in [1.807, 2.05) is 38.1 Å². The number of fused-ring (bicyclic) bond motifs is 1. The van der Waals surface area contributed by atoms with Crippen molar-refractivity contribution in [2.75, 3.05) is 0 Å². The zero-order chi connectivity index (χ0) is 14.8. The Bertz CT molecular complexity index is 791. The summed E-state index contributed by atoms with van der Waals surface area (Å²) in [5.41, 5.74) is 1.12. The van der Waals surface area contributed by atoms with Crippen LogP contribution >= 0.6 is 11.3 Å². The van der Waals surface area contributed by atoms with E-state index in [9.17, 15) is 4.79 Å². The largest absolute Gasteiger partial charge is 0.345 e. The molecule has 2 nitrogen and oxygen atoms in total. The first kappa shape index (κ1) is 13.8. The van der Waals surface area contributed by atoms with Crippen molar-refractivity contribution in [2.45, 2.75) is 19.9 Å². The van der Waals surface area contributed by atoms with Crippen LogP contribution in [0.2, 0.25) is 0 Å². The molecule has 0 aliphatic rings. The summed E-state index contributed by atoms with van der Waals surface area (Å²) in [6.45, 7) is 4.02. The summed E-state index contributed by atoms with van der Waals surface area (Å²) in [4.78, 5) is 14.1. The van der Waals surface area contributed by atoms with Gasteiger partial charge in [-0.1, -0.05) is 36.4 Å². The van der Waals surface area contributed by atoms with Crippen molar-refractivity contribution in [3.63, 3.8) is 0 Å². The molecule has 0 saturated heterocycles. The number of nitrogens with one attached hydrogen (secondary N) is 1. The van der Waals surface area contributed by atoms with Crippen molar-refractivity contribution < 1.29 is 4.79 Å². The molecule has 21 heavy (non-hydrogen) atoms. The van der Waals surface area contributed by atoms with Crippen LogP contribution in [0.15, 0.2) is 54.6 Å². The highest BCUT2D eigenvalue weighted by Gasteiger charge is 2.13. The van der Waals surface area contributed by atoms with Crippen molar-refractivity contribution >= 4 is 28.0 Å². The van der Waals surface area contributed by atoms with Gasteiger partial charge in [0.2, 0.25) is 0 Å². The van der Waals surface area contributed by atoms with E-state index in [-0.39, 0.29) is 11.9 Å². The SMILES string of the molecule is Cc1ccc(C(=O)N[C@@H](C)c2ccc3ccccc3c2)s1. The fraction of sp³-hybridized carbons (Fsp3) is 0.167. The van der Waals surface area contributed by atoms with E-state index in [2.05, 4.69) is 35.6 Å². The summed E-state index contributed by atoms with van der Waals surface area (Å²) in [6.07, 6.45) is 0. The lowest BCUT2D eigenvalue weighted by atomic mass is 10.0. The first-order valence-corrected chi connectivity index (χ1v) is 7.81. The van der Waals surface area contributed by atoms with Crippen LogP contribution in [0.3, 0.4) is 0 Å². The first-order chi connectivity index (χ1) is 10.1. The summed E-state index contributed by atoms with van der Waals surface area (Å²) in [5.74, 6) is -0.00578. The maximum atomic E-state index is 12.2. The van der Waals surface area contributed by atoms with Gasteiger partial charge in [-0.25, -0.2) is 0 Å². The van der Waals surface area contributed by atoms with Crippen molar-refractivity contribution in [3.05, 3.63) is 69.9 Å². The summed E-state index contributed by atoms with van der Waals surface area (Å²) >= 11 is 1.52. The van der Waals surface area contributed by atoms with Crippen LogP contribution in [0.5, 0.6) is 0 Å². The number of carbonyl (C=O) groups excluding carboxylic acids is 1. The molecule has 106 valence electrons. The molecule has 0 aliphatic carbocycles. The third-order valence-electron chi connectivity index (χ3n) is 3.59. The van der Waals surface area contributed by atoms with Gasteiger partial charge in [-0.3, -0.25) is 4.79 Å². The second-order valence-corrected chi connectivity index (χ2v) is 6.50. The van der Waals surface area contributed by atoms with E-state index in [0.29, 0.717) is 0 Å². The van der Waals surface area contributed by atoms with E-state index in [1.54, 1.807) is 0 Å². The van der Waals surface area contributed by atoms with E-state index in [4.69, 9.17) is 0 Å². The lowest BCUT2D eigenvalue weighted by Crippen LogP contribution is -2.25. The molecule has 2 aromatic carbocycles. The predicted molar refractivity (Wildman–Crippen MR) is 88.9 cm³/mol. The minimum absolute atomic E-state index is 0.00578. The highest BCUT2D eigenvalue weighted by Crippen LogP contribution is 2.21. The van der Waals surface area contributed by atoms with Gasteiger partial charge >= 0.3 is 0 Å². The van der Waals surface area contributed by atoms with Crippen LogP contribution < -0.4 is 5.32 Å². The Morgan fingerprint density at radius 3 is 2.52 bits per heavy atom. The average Bonchev–Trinajstić information content (AvgIpc) is 2.93. The van der Waals surface area contributed by atoms with Gasteiger partial charge in [0.25, 0.3) is 5.91 Å². The minimum atomic E-state index is -0.00971. The zero-order valence-corrected chi connectivity index (χ0v) is 12.9. The molecule has 1 heterocycles. The summed E-state index contributed by atoms with van der Waals surface area (Å²) in [5, 5.41) is 5.48. The normalized spacial score (nSPS) is 12.3. The molecule has 0 fully saturated rings. The molecule has 0 spiro atoms. The molecule has 0 unspecified atom stereocenters. The van der Waals surface area contributed by atoms with Crippen LogP contribution in [-0.4, -0.2) is 5.91 Å². The molecule has 3 heteroatoms. The van der Waals surface area contributed by atoms with Crippen LogP contribution in [0, 0.1) is 6.92 Å². The van der Waals surface area contributed by atoms with Gasteiger partial charge in [-0.15, -0.1) is 11.3 Å². The number of benzene rings is 2. The lowest BCUT2D eigenvalue weighted by Gasteiger charge is -2.14. The molecule has 1 N–H and O–H groups in total. The lowest BCUT2D eigenvalue weighted by molar-refractivity contribution is 0.0944. The van der Waals surface area contributed by atoms with Crippen molar-refractivity contribution in [2.24, 2.45) is 0 Å². The summed E-state index contributed by atoms with van der Waals surface area (Å²) in [6, 6.07) is 18.4. The van der Waals surface area contributed by atoms with E-state index >= 15 is 0 Å². The van der Waals surface area contributed by atoms with Crippen LogP contribution in [-0.2, 0) is 0 Å². The quantitative estimate of drug-likeness (QED) is 0.745. The number of amides is 1. The Labute approximate surface area is 128 Å². The van der Waals surface area contributed by atoms with Gasteiger partial charge in [-0.05, 0) is 48.4 Å². The molecule has 0 saturated carbocycles. The maximum absolute atomic E-state index is 12.2. The van der Waals surface area contributed by atoms with Gasteiger partial charge in [0.05, 0.1) is 10.9 Å². The third kappa shape index (κ3) is 2.98. The number of aryl methyl sites for hydroxylation is 1. The monoisotopic (exact) mass is 295 g/mol. The summed E-state index contributed by atoms with van der Waals surface area (Å²) in [7, 11) is 0. The zero-order valence-electron chi connectivity index (χ0n) is 12.1. The molecule has 3 rings (SSSR count). The van der Waals surface area contributed by atoms with Crippen molar-refractivity contribution in [3.8, 4) is 0 Å². The fourth-order valence-corrected chi connectivity index (χ4v) is 3.16. The van der Waals surface area contributed by atoms with Crippen molar-refractivity contribution in [1.29, 1.82) is 0 Å². The predicted octanol–water partition coefficient (Wildman–Crippen LogP) is 4.70. The Kier molecular flexibility index (Phi) is 3.76. The minimum Gasteiger partial charge on any atom is -0.345 e. The van der Waals surface area contributed by atoms with Gasteiger partial charge in [-0.2, -0.15) is 0 Å². The maximum Gasteiger partial charge on any atom is 0.261 e. The highest BCUT2D eigenvalue weighted by atomic mass is 32.1. The second-order valence-electron chi connectivity index (χ2n) is 5.21. The van der Waals surface area contributed by atoms with Gasteiger partial charge in [0, 0.05) is 4.88 Å². The Balaban J connectivity index is 1.80. The van der Waals surface area contributed by atoms with Crippen molar-refractivity contribution in [1.82, 2.24) is 5.32 Å². The number of rotatable bonds is 3. The fourth-order valence-electron chi connectivity index (χ4n) is 2.38.